The van der Waals surface area contributed by atoms with Crippen molar-refractivity contribution in [1.82, 2.24) is 9.88 Å². The van der Waals surface area contributed by atoms with Gasteiger partial charge in [0.15, 0.2) is 0 Å². The average Bonchev–Trinajstić information content (AvgIpc) is 2.56. The first-order chi connectivity index (χ1) is 11.6. The molecule has 0 fully saturated rings. The molecule has 3 aromatic rings. The Kier molecular flexibility index (Phi) is 4.82. The van der Waals surface area contributed by atoms with Crippen molar-refractivity contribution in [2.75, 3.05) is 18.9 Å². The van der Waals surface area contributed by atoms with Crippen LogP contribution in [0.4, 0.5) is 10.1 Å². The molecule has 0 aliphatic heterocycles. The molecular formula is C19H18FN3O. The van der Waals surface area contributed by atoms with E-state index in [1.165, 1.54) is 6.07 Å². The second-order valence-electron chi connectivity index (χ2n) is 5.73. The molecule has 0 unspecified atom stereocenters. The van der Waals surface area contributed by atoms with Crippen molar-refractivity contribution in [1.29, 1.82) is 0 Å². The number of carbonyl (C=O) groups is 1. The molecule has 2 aromatic carbocycles. The van der Waals surface area contributed by atoms with Gasteiger partial charge in [-0.05, 0) is 42.9 Å². The third kappa shape index (κ3) is 3.94. The summed E-state index contributed by atoms with van der Waals surface area (Å²) in [5, 5.41) is 3.66. The molecule has 1 heterocycles. The summed E-state index contributed by atoms with van der Waals surface area (Å²) in [5.41, 5.74) is 2.24. The van der Waals surface area contributed by atoms with Crippen LogP contribution in [0.15, 0.2) is 60.8 Å². The molecule has 0 aliphatic rings. The highest BCUT2D eigenvalue weighted by Crippen LogP contribution is 2.15. The molecule has 0 radical (unpaired) electrons. The molecule has 0 aliphatic carbocycles. The molecule has 0 atom stereocenters. The smallest absolute Gasteiger partial charge is 0.238 e. The van der Waals surface area contributed by atoms with Crippen molar-refractivity contribution in [3.63, 3.8) is 0 Å². The number of hydrogen-bond acceptors (Lipinski definition) is 3. The predicted octanol–water partition coefficient (Wildman–Crippen LogP) is 3.44. The van der Waals surface area contributed by atoms with Crippen LogP contribution in [0.5, 0.6) is 0 Å². The highest BCUT2D eigenvalue weighted by molar-refractivity contribution is 5.92. The van der Waals surface area contributed by atoms with Crippen molar-refractivity contribution in [2.24, 2.45) is 0 Å². The Balaban J connectivity index is 1.61. The molecule has 1 N–H and O–H groups in total. The molecular weight excluding hydrogens is 305 g/mol. The normalized spacial score (nSPS) is 11.0. The number of fused-ring (bicyclic) bond motifs is 1. The Morgan fingerprint density at radius 3 is 2.83 bits per heavy atom. The number of para-hydroxylation sites is 1. The van der Waals surface area contributed by atoms with Crippen LogP contribution in [0.2, 0.25) is 0 Å². The number of benzene rings is 2. The van der Waals surface area contributed by atoms with E-state index in [1.54, 1.807) is 24.4 Å². The molecule has 1 amide bonds. The first-order valence-corrected chi connectivity index (χ1v) is 7.68. The largest absolute Gasteiger partial charge is 0.322 e. The van der Waals surface area contributed by atoms with E-state index in [2.05, 4.69) is 16.4 Å². The van der Waals surface area contributed by atoms with Crippen molar-refractivity contribution < 1.29 is 9.18 Å². The summed E-state index contributed by atoms with van der Waals surface area (Å²) < 4.78 is 13.5. The number of aromatic nitrogens is 1. The number of anilines is 1. The number of hydrogen-bond donors (Lipinski definition) is 1. The van der Waals surface area contributed by atoms with E-state index < -0.39 is 5.82 Å². The van der Waals surface area contributed by atoms with Gasteiger partial charge in [0.05, 0.1) is 17.7 Å². The number of halogens is 1. The third-order valence-corrected chi connectivity index (χ3v) is 3.68. The van der Waals surface area contributed by atoms with Crippen LogP contribution in [0.25, 0.3) is 10.9 Å². The number of rotatable bonds is 5. The fourth-order valence-electron chi connectivity index (χ4n) is 2.59. The first-order valence-electron chi connectivity index (χ1n) is 7.68. The summed E-state index contributed by atoms with van der Waals surface area (Å²) in [5.74, 6) is -0.680. The lowest BCUT2D eigenvalue weighted by Crippen LogP contribution is -2.30. The molecule has 1 aromatic heterocycles. The summed E-state index contributed by atoms with van der Waals surface area (Å²) >= 11 is 0. The summed E-state index contributed by atoms with van der Waals surface area (Å²) in [7, 11) is 1.86. The first kappa shape index (κ1) is 16.1. The summed E-state index contributed by atoms with van der Waals surface area (Å²) in [6, 6.07) is 16.1. The number of carbonyl (C=O) groups excluding carboxylic acids is 1. The third-order valence-electron chi connectivity index (χ3n) is 3.68. The fraction of sp³-hybridized carbons (Fsp3) is 0.158. The highest BCUT2D eigenvalue weighted by Gasteiger charge is 2.10. The molecule has 0 spiro atoms. The van der Waals surface area contributed by atoms with Crippen molar-refractivity contribution in [3.8, 4) is 0 Å². The SMILES string of the molecule is CN(CC(=O)Nc1ccccc1F)Cc1ccc2ncccc2c1. The fourth-order valence-corrected chi connectivity index (χ4v) is 2.59. The van der Waals surface area contributed by atoms with Crippen LogP contribution in [0.1, 0.15) is 5.56 Å². The van der Waals surface area contributed by atoms with Crippen molar-refractivity contribution in [3.05, 3.63) is 72.2 Å². The van der Waals surface area contributed by atoms with Gasteiger partial charge in [0.25, 0.3) is 0 Å². The maximum atomic E-state index is 13.5. The second kappa shape index (κ2) is 7.19. The lowest BCUT2D eigenvalue weighted by molar-refractivity contribution is -0.117. The van der Waals surface area contributed by atoms with Gasteiger partial charge in [-0.15, -0.1) is 0 Å². The van der Waals surface area contributed by atoms with Gasteiger partial charge in [0, 0.05) is 18.1 Å². The molecule has 3 rings (SSSR count). The summed E-state index contributed by atoms with van der Waals surface area (Å²) in [4.78, 5) is 18.2. The van der Waals surface area contributed by atoms with E-state index in [-0.39, 0.29) is 18.1 Å². The Morgan fingerprint density at radius 2 is 2.00 bits per heavy atom. The number of amides is 1. The van der Waals surface area contributed by atoms with Crippen LogP contribution < -0.4 is 5.32 Å². The van der Waals surface area contributed by atoms with E-state index in [1.807, 2.05) is 36.2 Å². The number of pyridine rings is 1. The van der Waals surface area contributed by atoms with Crippen LogP contribution in [0.3, 0.4) is 0 Å². The van der Waals surface area contributed by atoms with Gasteiger partial charge >= 0.3 is 0 Å². The van der Waals surface area contributed by atoms with Crippen LogP contribution in [-0.2, 0) is 11.3 Å². The van der Waals surface area contributed by atoms with Gasteiger partial charge in [-0.25, -0.2) is 4.39 Å². The number of nitrogens with zero attached hydrogens (tertiary/aromatic N) is 2. The van der Waals surface area contributed by atoms with Gasteiger partial charge in [0.1, 0.15) is 5.82 Å². The molecule has 0 saturated heterocycles. The van der Waals surface area contributed by atoms with Gasteiger partial charge in [-0.2, -0.15) is 0 Å². The topological polar surface area (TPSA) is 45.2 Å². The summed E-state index contributed by atoms with van der Waals surface area (Å²) in [6.45, 7) is 0.801. The minimum atomic E-state index is -0.435. The Hall–Kier alpha value is -2.79. The van der Waals surface area contributed by atoms with Crippen molar-refractivity contribution >= 4 is 22.5 Å². The van der Waals surface area contributed by atoms with Crippen LogP contribution >= 0.6 is 0 Å². The zero-order chi connectivity index (χ0) is 16.9. The maximum Gasteiger partial charge on any atom is 0.238 e. The summed E-state index contributed by atoms with van der Waals surface area (Å²) in [6.07, 6.45) is 1.77. The van der Waals surface area contributed by atoms with E-state index in [0.29, 0.717) is 6.54 Å². The zero-order valence-electron chi connectivity index (χ0n) is 13.4. The average molecular weight is 323 g/mol. The maximum absolute atomic E-state index is 13.5. The molecule has 0 bridgehead atoms. The Morgan fingerprint density at radius 1 is 1.17 bits per heavy atom. The number of likely N-dealkylation sites (N-methyl/N-ethyl adjacent to an activating group) is 1. The minimum Gasteiger partial charge on any atom is -0.322 e. The highest BCUT2D eigenvalue weighted by atomic mass is 19.1. The lowest BCUT2D eigenvalue weighted by Gasteiger charge is -2.17. The lowest BCUT2D eigenvalue weighted by atomic mass is 10.1. The standard InChI is InChI=1S/C19H18FN3O/c1-23(13-19(24)22-18-7-3-2-6-16(18)20)12-14-8-9-17-15(11-14)5-4-10-21-17/h2-11H,12-13H2,1H3,(H,22,24). The minimum absolute atomic E-state index is 0.180. The van der Waals surface area contributed by atoms with Gasteiger partial charge in [0.2, 0.25) is 5.91 Å². The molecule has 24 heavy (non-hydrogen) atoms. The Labute approximate surface area is 139 Å². The monoisotopic (exact) mass is 323 g/mol. The number of nitrogens with one attached hydrogen (secondary N) is 1. The van der Waals surface area contributed by atoms with E-state index in [4.69, 9.17) is 0 Å². The quantitative estimate of drug-likeness (QED) is 0.782. The molecule has 122 valence electrons. The van der Waals surface area contributed by atoms with Crippen molar-refractivity contribution in [2.45, 2.75) is 6.54 Å². The second-order valence-corrected chi connectivity index (χ2v) is 5.73. The molecule has 0 saturated carbocycles. The van der Waals surface area contributed by atoms with E-state index >= 15 is 0 Å². The van der Waals surface area contributed by atoms with Gasteiger partial charge < -0.3 is 5.32 Å². The van der Waals surface area contributed by atoms with Gasteiger partial charge in [-0.3, -0.25) is 14.7 Å². The molecule has 4 nitrogen and oxygen atoms in total. The van der Waals surface area contributed by atoms with Gasteiger partial charge in [-0.1, -0.05) is 24.3 Å². The van der Waals surface area contributed by atoms with E-state index in [0.717, 1.165) is 16.5 Å². The predicted molar refractivity (Wildman–Crippen MR) is 93.1 cm³/mol. The van der Waals surface area contributed by atoms with Crippen LogP contribution in [-0.4, -0.2) is 29.4 Å². The van der Waals surface area contributed by atoms with E-state index in [9.17, 15) is 9.18 Å². The van der Waals surface area contributed by atoms with Crippen LogP contribution in [0, 0.1) is 5.82 Å². The zero-order valence-corrected chi connectivity index (χ0v) is 13.4. The molecule has 5 heteroatoms. The Bertz CT molecular complexity index is 866.